The van der Waals surface area contributed by atoms with Gasteiger partial charge >= 0.3 is 5.97 Å². The van der Waals surface area contributed by atoms with E-state index < -0.39 is 5.97 Å². The smallest absolute Gasteiger partial charge is 0.335 e. The number of rotatable bonds is 3. The first-order chi connectivity index (χ1) is 6.27. The minimum Gasteiger partial charge on any atom is -0.335 e. The van der Waals surface area contributed by atoms with E-state index in [1.165, 1.54) is 5.06 Å². The Kier molecular flexibility index (Phi) is 3.25. The summed E-state index contributed by atoms with van der Waals surface area (Å²) >= 11 is 0. The van der Waals surface area contributed by atoms with Crippen LogP contribution >= 0.6 is 0 Å². The Morgan fingerprint density at radius 2 is 2.62 bits per heavy atom. The van der Waals surface area contributed by atoms with Crippen molar-refractivity contribution in [3.63, 3.8) is 0 Å². The van der Waals surface area contributed by atoms with E-state index in [0.29, 0.717) is 0 Å². The van der Waals surface area contributed by atoms with E-state index in [1.807, 2.05) is 6.92 Å². The monoisotopic (exact) mass is 180 g/mol. The second-order valence-electron chi connectivity index (χ2n) is 2.50. The average Bonchev–Trinajstić information content (AvgIpc) is 2.18. The van der Waals surface area contributed by atoms with Gasteiger partial charge in [-0.1, -0.05) is 13.5 Å². The van der Waals surface area contributed by atoms with Crippen LogP contribution in [0.2, 0.25) is 0 Å². The van der Waals surface area contributed by atoms with Gasteiger partial charge in [-0.15, -0.1) is 0 Å². The van der Waals surface area contributed by atoms with Gasteiger partial charge in [-0.2, -0.15) is 5.06 Å². The van der Waals surface area contributed by atoms with Crippen molar-refractivity contribution in [1.29, 1.82) is 0 Å². The molecule has 1 aliphatic rings. The summed E-state index contributed by atoms with van der Waals surface area (Å²) in [6.45, 7) is 5.28. The molecule has 1 rings (SSSR count). The lowest BCUT2D eigenvalue weighted by atomic mass is 10.3. The van der Waals surface area contributed by atoms with Crippen LogP contribution in [0.25, 0.3) is 0 Å². The van der Waals surface area contributed by atoms with Gasteiger partial charge in [0, 0.05) is 18.5 Å². The molecular formula is C9H12N2O2. The van der Waals surface area contributed by atoms with E-state index in [-0.39, 0.29) is 6.17 Å². The van der Waals surface area contributed by atoms with Crippen LogP contribution in [0.3, 0.4) is 0 Å². The highest BCUT2D eigenvalue weighted by molar-refractivity contribution is 5.81. The molecule has 0 aliphatic carbocycles. The highest BCUT2D eigenvalue weighted by Gasteiger charge is 2.16. The van der Waals surface area contributed by atoms with Gasteiger partial charge in [-0.3, -0.25) is 4.99 Å². The molecule has 0 spiro atoms. The number of nitrogens with zero attached hydrogens (tertiary/aromatic N) is 2. The first-order valence-corrected chi connectivity index (χ1v) is 4.10. The first kappa shape index (κ1) is 9.51. The normalized spacial score (nSPS) is 20.1. The lowest BCUT2D eigenvalue weighted by molar-refractivity contribution is -0.180. The average molecular weight is 180 g/mol. The largest absolute Gasteiger partial charge is 0.355 e. The molecule has 13 heavy (non-hydrogen) atoms. The quantitative estimate of drug-likeness (QED) is 0.614. The van der Waals surface area contributed by atoms with Gasteiger partial charge in [-0.05, 0) is 12.5 Å². The molecule has 4 nitrogen and oxygen atoms in total. The summed E-state index contributed by atoms with van der Waals surface area (Å²) in [6.07, 6.45) is 6.86. The highest BCUT2D eigenvalue weighted by Crippen LogP contribution is 2.10. The Hall–Kier alpha value is -1.58. The van der Waals surface area contributed by atoms with E-state index in [0.717, 1.165) is 12.5 Å². The van der Waals surface area contributed by atoms with Gasteiger partial charge < -0.3 is 4.84 Å². The van der Waals surface area contributed by atoms with Crippen molar-refractivity contribution in [2.75, 3.05) is 0 Å². The fourth-order valence-corrected chi connectivity index (χ4v) is 0.955. The van der Waals surface area contributed by atoms with Crippen molar-refractivity contribution >= 4 is 12.2 Å². The molecule has 1 heterocycles. The molecule has 1 atom stereocenters. The molecule has 0 N–H and O–H groups in total. The van der Waals surface area contributed by atoms with Crippen molar-refractivity contribution in [3.8, 4) is 0 Å². The lowest BCUT2D eigenvalue weighted by Gasteiger charge is -2.25. The first-order valence-electron chi connectivity index (χ1n) is 4.10. The predicted octanol–water partition coefficient (Wildman–Crippen LogP) is 1.27. The molecular weight excluding hydrogens is 168 g/mol. The summed E-state index contributed by atoms with van der Waals surface area (Å²) in [6, 6.07) is 0. The van der Waals surface area contributed by atoms with Gasteiger partial charge in [0.15, 0.2) is 6.17 Å². The summed E-state index contributed by atoms with van der Waals surface area (Å²) in [5.74, 6) is -0.472. The van der Waals surface area contributed by atoms with Gasteiger partial charge in [0.1, 0.15) is 0 Å². The summed E-state index contributed by atoms with van der Waals surface area (Å²) in [4.78, 5) is 19.9. The topological polar surface area (TPSA) is 41.9 Å². The molecule has 0 bridgehead atoms. The van der Waals surface area contributed by atoms with Crippen molar-refractivity contribution < 1.29 is 9.63 Å². The third kappa shape index (κ3) is 2.43. The highest BCUT2D eigenvalue weighted by atomic mass is 16.7. The zero-order valence-corrected chi connectivity index (χ0v) is 7.51. The molecule has 0 aromatic carbocycles. The van der Waals surface area contributed by atoms with Crippen molar-refractivity contribution in [3.05, 3.63) is 24.9 Å². The number of hydrogen-bond acceptors (Lipinski definition) is 4. The van der Waals surface area contributed by atoms with E-state index in [2.05, 4.69) is 11.6 Å². The van der Waals surface area contributed by atoms with E-state index in [1.54, 1.807) is 18.5 Å². The van der Waals surface area contributed by atoms with Gasteiger partial charge in [-0.25, -0.2) is 4.79 Å². The zero-order valence-electron chi connectivity index (χ0n) is 7.51. The maximum absolute atomic E-state index is 10.9. The molecule has 0 fully saturated rings. The summed E-state index contributed by atoms with van der Waals surface area (Å²) in [5, 5.41) is 1.42. The second kappa shape index (κ2) is 4.45. The zero-order chi connectivity index (χ0) is 9.68. The Morgan fingerprint density at radius 1 is 1.85 bits per heavy atom. The standard InChI is InChI=1S/C9H12N2O2/c1-3-8-10-6-5-7-11(8)13-9(12)4-2/h4-8H,2-3H2,1H3. The van der Waals surface area contributed by atoms with Gasteiger partial charge in [0.25, 0.3) is 0 Å². The van der Waals surface area contributed by atoms with E-state index in [4.69, 9.17) is 4.84 Å². The fourth-order valence-electron chi connectivity index (χ4n) is 0.955. The summed E-state index contributed by atoms with van der Waals surface area (Å²) < 4.78 is 0. The van der Waals surface area contributed by atoms with Gasteiger partial charge in [0.2, 0.25) is 0 Å². The number of allylic oxidation sites excluding steroid dienone is 1. The molecule has 0 aromatic rings. The number of hydroxylamine groups is 2. The van der Waals surface area contributed by atoms with Crippen LogP contribution in [-0.4, -0.2) is 23.4 Å². The summed E-state index contributed by atoms with van der Waals surface area (Å²) in [5.41, 5.74) is 0. The SMILES string of the molecule is C=CC(=O)ON1C=CC=NC1CC. The molecule has 0 radical (unpaired) electrons. The number of carbonyl (C=O) groups excluding carboxylic acids is 1. The van der Waals surface area contributed by atoms with Crippen molar-refractivity contribution in [2.45, 2.75) is 19.5 Å². The van der Waals surface area contributed by atoms with Crippen molar-refractivity contribution in [1.82, 2.24) is 5.06 Å². The lowest BCUT2D eigenvalue weighted by Crippen LogP contribution is -2.32. The Bertz CT molecular complexity index is 258. The van der Waals surface area contributed by atoms with E-state index in [9.17, 15) is 4.79 Å². The molecule has 1 unspecified atom stereocenters. The Labute approximate surface area is 77.2 Å². The molecule has 70 valence electrons. The molecule has 4 heteroatoms. The van der Waals surface area contributed by atoms with Crippen molar-refractivity contribution in [2.24, 2.45) is 4.99 Å². The maximum atomic E-state index is 10.9. The van der Waals surface area contributed by atoms with Crippen LogP contribution in [-0.2, 0) is 9.63 Å². The molecule has 0 saturated carbocycles. The fraction of sp³-hybridized carbons (Fsp3) is 0.333. The number of hydrogen-bond donors (Lipinski definition) is 0. The third-order valence-corrected chi connectivity index (χ3v) is 1.60. The minimum absolute atomic E-state index is 0.117. The van der Waals surface area contributed by atoms with E-state index >= 15 is 0 Å². The molecule has 0 aromatic heterocycles. The number of aliphatic imine (C=N–C) groups is 1. The molecule has 0 saturated heterocycles. The van der Waals surface area contributed by atoms with Crippen LogP contribution < -0.4 is 0 Å². The van der Waals surface area contributed by atoms with Gasteiger partial charge in [0.05, 0.1) is 0 Å². The summed E-state index contributed by atoms with van der Waals surface area (Å²) in [7, 11) is 0. The minimum atomic E-state index is -0.472. The maximum Gasteiger partial charge on any atom is 0.355 e. The van der Waals surface area contributed by atoms with Crippen LogP contribution in [0.1, 0.15) is 13.3 Å². The molecule has 0 amide bonds. The Balaban J connectivity index is 2.57. The predicted molar refractivity (Wildman–Crippen MR) is 49.8 cm³/mol. The van der Waals surface area contributed by atoms with Crippen LogP contribution in [0.4, 0.5) is 0 Å². The second-order valence-corrected chi connectivity index (χ2v) is 2.50. The Morgan fingerprint density at radius 3 is 3.23 bits per heavy atom. The van der Waals surface area contributed by atoms with Crippen LogP contribution in [0.5, 0.6) is 0 Å². The van der Waals surface area contributed by atoms with Crippen LogP contribution in [0, 0.1) is 0 Å². The third-order valence-electron chi connectivity index (χ3n) is 1.60. The number of carbonyl (C=O) groups is 1. The molecule has 1 aliphatic heterocycles. The van der Waals surface area contributed by atoms with Crippen LogP contribution in [0.15, 0.2) is 29.9 Å².